The highest BCUT2D eigenvalue weighted by molar-refractivity contribution is 5.92. The van der Waals surface area contributed by atoms with Crippen LogP contribution in [0.3, 0.4) is 0 Å². The second-order valence-electron chi connectivity index (χ2n) is 4.28. The minimum Gasteiger partial charge on any atom is -0.367 e. The number of rotatable bonds is 2. The Morgan fingerprint density at radius 3 is 3.00 bits per heavy atom. The molecule has 1 aliphatic rings. The quantitative estimate of drug-likeness (QED) is 0.769. The molecule has 0 bridgehead atoms. The van der Waals surface area contributed by atoms with Crippen molar-refractivity contribution in [1.82, 2.24) is 15.6 Å². The summed E-state index contributed by atoms with van der Waals surface area (Å²) in [6.45, 7) is 5.10. The number of piperazine rings is 1. The maximum atomic E-state index is 11.4. The predicted octanol–water partition coefficient (Wildman–Crippen LogP) is 0.239. The Hall–Kier alpha value is -1.62. The molecule has 1 fully saturated rings. The Balaban J connectivity index is 2.09. The van der Waals surface area contributed by atoms with Gasteiger partial charge in [-0.3, -0.25) is 4.79 Å². The number of hydrogen-bond acceptors (Lipinski definition) is 4. The lowest BCUT2D eigenvalue weighted by Gasteiger charge is -2.33. The van der Waals surface area contributed by atoms with Crippen LogP contribution in [0, 0.1) is 0 Å². The first-order valence-corrected chi connectivity index (χ1v) is 5.87. The lowest BCUT2D eigenvalue weighted by molar-refractivity contribution is 0.0958. The normalized spacial score (nSPS) is 20.1. The molecule has 2 heterocycles. The lowest BCUT2D eigenvalue weighted by Crippen LogP contribution is -2.49. The number of carbonyl (C=O) groups is 1. The summed E-state index contributed by atoms with van der Waals surface area (Å²) in [6.07, 6.45) is 1.77. The van der Waals surface area contributed by atoms with Crippen LogP contribution in [-0.2, 0) is 0 Å². The largest absolute Gasteiger partial charge is 0.367 e. The van der Waals surface area contributed by atoms with Gasteiger partial charge in [0.25, 0.3) is 5.91 Å². The molecule has 2 N–H and O–H groups in total. The van der Waals surface area contributed by atoms with Crippen LogP contribution < -0.4 is 15.5 Å². The Kier molecular flexibility index (Phi) is 3.58. The van der Waals surface area contributed by atoms with Crippen molar-refractivity contribution in [1.29, 1.82) is 0 Å². The molecule has 5 nitrogen and oxygen atoms in total. The molecular weight excluding hydrogens is 216 g/mol. The third-order valence-electron chi connectivity index (χ3n) is 2.94. The number of anilines is 1. The maximum Gasteiger partial charge on any atom is 0.269 e. The van der Waals surface area contributed by atoms with Crippen molar-refractivity contribution in [3.63, 3.8) is 0 Å². The fourth-order valence-corrected chi connectivity index (χ4v) is 2.00. The van der Waals surface area contributed by atoms with Crippen LogP contribution in [0.2, 0.25) is 0 Å². The average Bonchev–Trinajstić information content (AvgIpc) is 2.38. The minimum absolute atomic E-state index is 0.148. The second kappa shape index (κ2) is 5.14. The van der Waals surface area contributed by atoms with E-state index in [1.54, 1.807) is 19.3 Å². The molecule has 1 atom stereocenters. The van der Waals surface area contributed by atoms with Crippen molar-refractivity contribution >= 4 is 11.6 Å². The van der Waals surface area contributed by atoms with Crippen LogP contribution in [-0.4, -0.2) is 43.6 Å². The van der Waals surface area contributed by atoms with Gasteiger partial charge in [-0.15, -0.1) is 0 Å². The van der Waals surface area contributed by atoms with E-state index >= 15 is 0 Å². The minimum atomic E-state index is -0.148. The first-order chi connectivity index (χ1) is 8.20. The number of aromatic nitrogens is 1. The van der Waals surface area contributed by atoms with Crippen LogP contribution in [0.4, 0.5) is 5.69 Å². The molecule has 0 spiro atoms. The molecule has 0 radical (unpaired) electrons. The summed E-state index contributed by atoms with van der Waals surface area (Å²) in [6, 6.07) is 4.21. The van der Waals surface area contributed by atoms with Crippen molar-refractivity contribution in [3.8, 4) is 0 Å². The van der Waals surface area contributed by atoms with E-state index in [-0.39, 0.29) is 5.91 Å². The van der Waals surface area contributed by atoms with Gasteiger partial charge in [-0.1, -0.05) is 0 Å². The van der Waals surface area contributed by atoms with Gasteiger partial charge < -0.3 is 15.5 Å². The summed E-state index contributed by atoms with van der Waals surface area (Å²) in [7, 11) is 1.61. The van der Waals surface area contributed by atoms with Crippen molar-refractivity contribution in [2.45, 2.75) is 13.0 Å². The van der Waals surface area contributed by atoms with E-state index in [4.69, 9.17) is 0 Å². The summed E-state index contributed by atoms with van der Waals surface area (Å²) in [5.41, 5.74) is 1.53. The molecule has 2 rings (SSSR count). The van der Waals surface area contributed by atoms with Gasteiger partial charge in [0.1, 0.15) is 5.69 Å². The zero-order valence-electron chi connectivity index (χ0n) is 10.2. The van der Waals surface area contributed by atoms with Crippen LogP contribution in [0.15, 0.2) is 18.3 Å². The fraction of sp³-hybridized carbons (Fsp3) is 0.500. The van der Waals surface area contributed by atoms with Gasteiger partial charge in [-0.25, -0.2) is 4.98 Å². The second-order valence-corrected chi connectivity index (χ2v) is 4.28. The van der Waals surface area contributed by atoms with E-state index in [2.05, 4.69) is 27.4 Å². The standard InChI is InChI=1S/C12H18N4O/c1-9-8-16(6-5-14-9)10-3-4-11(15-7-10)12(17)13-2/h3-4,7,9,14H,5-6,8H2,1-2H3,(H,13,17)/t9-/m0/s1. The van der Waals surface area contributed by atoms with Gasteiger partial charge in [-0.2, -0.15) is 0 Å². The Morgan fingerprint density at radius 1 is 1.59 bits per heavy atom. The van der Waals surface area contributed by atoms with E-state index in [1.165, 1.54) is 0 Å². The topological polar surface area (TPSA) is 57.3 Å². The van der Waals surface area contributed by atoms with Crippen molar-refractivity contribution < 1.29 is 4.79 Å². The van der Waals surface area contributed by atoms with E-state index in [1.807, 2.05) is 6.07 Å². The van der Waals surface area contributed by atoms with E-state index in [0.717, 1.165) is 25.3 Å². The summed E-state index contributed by atoms with van der Waals surface area (Å²) in [4.78, 5) is 17.8. The number of nitrogens with one attached hydrogen (secondary N) is 2. The molecule has 17 heavy (non-hydrogen) atoms. The van der Waals surface area contributed by atoms with E-state index < -0.39 is 0 Å². The first kappa shape index (κ1) is 11.9. The Morgan fingerprint density at radius 2 is 2.41 bits per heavy atom. The fourth-order valence-electron chi connectivity index (χ4n) is 2.00. The summed E-state index contributed by atoms with van der Waals surface area (Å²) < 4.78 is 0. The number of nitrogens with zero attached hydrogens (tertiary/aromatic N) is 2. The highest BCUT2D eigenvalue weighted by atomic mass is 16.1. The number of carbonyl (C=O) groups excluding carboxylic acids is 1. The monoisotopic (exact) mass is 234 g/mol. The summed E-state index contributed by atoms with van der Waals surface area (Å²) in [5.74, 6) is -0.148. The molecule has 1 aromatic rings. The smallest absolute Gasteiger partial charge is 0.269 e. The molecule has 1 aliphatic heterocycles. The van der Waals surface area contributed by atoms with E-state index in [9.17, 15) is 4.79 Å². The summed E-state index contributed by atoms with van der Waals surface area (Å²) >= 11 is 0. The average molecular weight is 234 g/mol. The molecule has 0 unspecified atom stereocenters. The summed E-state index contributed by atoms with van der Waals surface area (Å²) in [5, 5.41) is 5.96. The number of pyridine rings is 1. The lowest BCUT2D eigenvalue weighted by atomic mass is 10.2. The molecule has 1 aromatic heterocycles. The van der Waals surface area contributed by atoms with Crippen molar-refractivity contribution in [2.24, 2.45) is 0 Å². The molecule has 0 aromatic carbocycles. The van der Waals surface area contributed by atoms with Gasteiger partial charge in [0.15, 0.2) is 0 Å². The zero-order chi connectivity index (χ0) is 12.3. The van der Waals surface area contributed by atoms with Crippen molar-refractivity contribution in [2.75, 3.05) is 31.6 Å². The van der Waals surface area contributed by atoms with Gasteiger partial charge in [0.05, 0.1) is 11.9 Å². The highest BCUT2D eigenvalue weighted by Gasteiger charge is 2.16. The van der Waals surface area contributed by atoms with E-state index in [0.29, 0.717) is 11.7 Å². The van der Waals surface area contributed by atoms with Gasteiger partial charge in [-0.05, 0) is 19.1 Å². The Bertz CT molecular complexity index is 390. The molecule has 0 saturated carbocycles. The Labute approximate surface area is 101 Å². The van der Waals surface area contributed by atoms with Gasteiger partial charge in [0.2, 0.25) is 0 Å². The van der Waals surface area contributed by atoms with Gasteiger partial charge >= 0.3 is 0 Å². The van der Waals surface area contributed by atoms with Crippen LogP contribution in [0.25, 0.3) is 0 Å². The van der Waals surface area contributed by atoms with Crippen LogP contribution in [0.1, 0.15) is 17.4 Å². The third-order valence-corrected chi connectivity index (χ3v) is 2.94. The SMILES string of the molecule is CNC(=O)c1ccc(N2CCN[C@@H](C)C2)cn1. The van der Waals surface area contributed by atoms with Gasteiger partial charge in [0, 0.05) is 32.7 Å². The zero-order valence-corrected chi connectivity index (χ0v) is 10.2. The maximum absolute atomic E-state index is 11.4. The molecule has 1 amide bonds. The number of amides is 1. The predicted molar refractivity (Wildman–Crippen MR) is 67.3 cm³/mol. The van der Waals surface area contributed by atoms with Crippen molar-refractivity contribution in [3.05, 3.63) is 24.0 Å². The molecule has 0 aliphatic carbocycles. The molecule has 5 heteroatoms. The molecule has 1 saturated heterocycles. The first-order valence-electron chi connectivity index (χ1n) is 5.87. The van der Waals surface area contributed by atoms with Crippen LogP contribution in [0.5, 0.6) is 0 Å². The third kappa shape index (κ3) is 2.74. The van der Waals surface area contributed by atoms with Crippen LogP contribution >= 0.6 is 0 Å². The highest BCUT2D eigenvalue weighted by Crippen LogP contribution is 2.14. The molecular formula is C12H18N4O. The molecule has 92 valence electrons. The number of hydrogen-bond donors (Lipinski definition) is 2.